The average Bonchev–Trinajstić information content (AvgIpc) is 3.71. The van der Waals surface area contributed by atoms with Crippen LogP contribution >= 0.6 is 0 Å². The number of fused-ring (bicyclic) bond motifs is 14. The van der Waals surface area contributed by atoms with Gasteiger partial charge in [0.2, 0.25) is 0 Å². The van der Waals surface area contributed by atoms with Crippen molar-refractivity contribution in [2.24, 2.45) is 0 Å². The van der Waals surface area contributed by atoms with Crippen LogP contribution in [0.5, 0.6) is 0 Å². The number of hydrogen-bond acceptors (Lipinski definition) is 3. The molecule has 0 unspecified atom stereocenters. The van der Waals surface area contributed by atoms with E-state index in [1.165, 1.54) is 0 Å². The third-order valence-corrected chi connectivity index (χ3v) is 14.8. The Balaban J connectivity index is 1.00. The van der Waals surface area contributed by atoms with Gasteiger partial charge in [0, 0.05) is 60.4 Å². The molecule has 0 saturated heterocycles. The zero-order chi connectivity index (χ0) is 54.9. The number of furan rings is 2. The van der Waals surface area contributed by atoms with Crippen molar-refractivity contribution in [2.45, 2.75) is 38.5 Å². The van der Waals surface area contributed by atoms with Crippen molar-refractivity contribution in [3.8, 4) is 55.6 Å². The fraction of sp³-hybridized carbons (Fsp3) is 0.0909. The molecule has 3 nitrogen and oxygen atoms in total. The molecule has 0 radical (unpaired) electrons. The first-order valence-corrected chi connectivity index (χ1v) is 23.3. The Morgan fingerprint density at radius 3 is 1.35 bits per heavy atom. The maximum atomic E-state index is 9.12. The molecule has 2 aliphatic carbocycles. The first-order chi connectivity index (χ1) is 37.9. The van der Waals surface area contributed by atoms with Gasteiger partial charge in [-0.05, 0) is 116 Å². The number of para-hydroxylation sites is 3. The molecule has 2 heterocycles. The summed E-state index contributed by atoms with van der Waals surface area (Å²) in [6.07, 6.45) is 0. The van der Waals surface area contributed by atoms with Crippen molar-refractivity contribution in [1.29, 1.82) is 0 Å². The van der Waals surface area contributed by atoms with E-state index in [1.54, 1.807) is 0 Å². The van der Waals surface area contributed by atoms with E-state index in [2.05, 4.69) is 105 Å². The van der Waals surface area contributed by atoms with Gasteiger partial charge in [-0.25, -0.2) is 0 Å². The molecule has 0 fully saturated rings. The van der Waals surface area contributed by atoms with Crippen LogP contribution in [-0.4, -0.2) is 0 Å². The zero-order valence-corrected chi connectivity index (χ0v) is 38.2. The molecule has 69 heavy (non-hydrogen) atoms. The van der Waals surface area contributed by atoms with Crippen LogP contribution in [0.4, 0.5) is 17.1 Å². The van der Waals surface area contributed by atoms with E-state index in [1.807, 2.05) is 78.9 Å². The zero-order valence-electron chi connectivity index (χ0n) is 48.2. The first kappa shape index (κ1) is 30.8. The molecule has 0 N–H and O–H groups in total. The fourth-order valence-electron chi connectivity index (χ4n) is 11.5. The molecule has 3 heteroatoms. The summed E-state index contributed by atoms with van der Waals surface area (Å²) in [6.45, 7) is 8.71. The van der Waals surface area contributed by atoms with Gasteiger partial charge in [0.25, 0.3) is 0 Å². The van der Waals surface area contributed by atoms with Crippen LogP contribution in [0.25, 0.3) is 99.5 Å². The van der Waals surface area contributed by atoms with Crippen LogP contribution < -0.4 is 4.90 Å². The Labute approximate surface area is 415 Å². The Morgan fingerprint density at radius 2 is 0.841 bits per heavy atom. The van der Waals surface area contributed by atoms with Gasteiger partial charge in [-0.1, -0.05) is 185 Å². The summed E-state index contributed by atoms with van der Waals surface area (Å²) in [5.74, 6) is 0. The summed E-state index contributed by atoms with van der Waals surface area (Å²) in [6, 6.07) is 47.6. The molecule has 328 valence electrons. The normalized spacial score (nSPS) is 16.1. The van der Waals surface area contributed by atoms with E-state index in [4.69, 9.17) is 22.5 Å². The lowest BCUT2D eigenvalue weighted by Crippen LogP contribution is -2.18. The highest BCUT2D eigenvalue weighted by Crippen LogP contribution is 2.59. The van der Waals surface area contributed by atoms with Gasteiger partial charge in [0.1, 0.15) is 22.3 Å². The minimum atomic E-state index is -0.668. The van der Waals surface area contributed by atoms with Gasteiger partial charge in [-0.3, -0.25) is 0 Å². The van der Waals surface area contributed by atoms with Gasteiger partial charge < -0.3 is 13.7 Å². The lowest BCUT2D eigenvalue weighted by molar-refractivity contribution is 0.657. The van der Waals surface area contributed by atoms with Gasteiger partial charge in [-0.15, -0.1) is 0 Å². The lowest BCUT2D eigenvalue weighted by Gasteiger charge is -2.31. The average molecular weight is 896 g/mol. The first-order valence-electron chi connectivity index (χ1n) is 28.3. The van der Waals surface area contributed by atoms with Gasteiger partial charge in [0.15, 0.2) is 0 Å². The van der Waals surface area contributed by atoms with E-state index < -0.39 is 47.1 Å². The predicted molar refractivity (Wildman–Crippen MR) is 287 cm³/mol. The Kier molecular flexibility index (Phi) is 6.49. The highest BCUT2D eigenvalue weighted by atomic mass is 16.3. The van der Waals surface area contributed by atoms with Crippen LogP contribution in [0, 0.1) is 0 Å². The summed E-state index contributed by atoms with van der Waals surface area (Å²) in [5.41, 5.74) is 14.5. The van der Waals surface area contributed by atoms with Gasteiger partial charge in [-0.2, -0.15) is 0 Å². The van der Waals surface area contributed by atoms with Crippen LogP contribution in [0.3, 0.4) is 0 Å². The minimum absolute atomic E-state index is 0.0858. The molecular weight excluding hydrogens is 839 g/mol. The summed E-state index contributed by atoms with van der Waals surface area (Å²) < 4.78 is 101. The summed E-state index contributed by atoms with van der Waals surface area (Å²) in [4.78, 5) is 2.31. The molecule has 0 amide bonds. The van der Waals surface area contributed by atoms with E-state index in [9.17, 15) is 0 Å². The maximum Gasteiger partial charge on any atom is 0.143 e. The third-order valence-electron chi connectivity index (χ3n) is 14.8. The van der Waals surface area contributed by atoms with Gasteiger partial charge in [0.05, 0.1) is 19.4 Å². The fourth-order valence-corrected chi connectivity index (χ4v) is 11.5. The van der Waals surface area contributed by atoms with E-state index in [0.717, 1.165) is 94.2 Å². The van der Waals surface area contributed by atoms with Gasteiger partial charge >= 0.3 is 0 Å². The van der Waals surface area contributed by atoms with Crippen molar-refractivity contribution in [3.05, 3.63) is 234 Å². The van der Waals surface area contributed by atoms with Crippen LogP contribution in [-0.2, 0) is 10.8 Å². The molecule has 0 atom stereocenters. The number of nitrogens with zero attached hydrogens (tertiary/aromatic N) is 1. The van der Waals surface area contributed by atoms with Crippen molar-refractivity contribution in [1.82, 2.24) is 0 Å². The number of benzene rings is 10. The van der Waals surface area contributed by atoms with E-state index in [0.29, 0.717) is 33.5 Å². The molecule has 0 bridgehead atoms. The van der Waals surface area contributed by atoms with E-state index >= 15 is 0 Å². The van der Waals surface area contributed by atoms with Crippen molar-refractivity contribution >= 4 is 60.9 Å². The Hall–Kier alpha value is -8.40. The highest BCUT2D eigenvalue weighted by Gasteiger charge is 2.41. The topological polar surface area (TPSA) is 29.5 Å². The lowest BCUT2D eigenvalue weighted by atomic mass is 9.80. The molecule has 12 aromatic rings. The number of hydrogen-bond donors (Lipinski definition) is 0. The van der Waals surface area contributed by atoms with Crippen LogP contribution in [0.1, 0.15) is 63.7 Å². The van der Waals surface area contributed by atoms with Crippen LogP contribution in [0.2, 0.25) is 0 Å². The summed E-state index contributed by atoms with van der Waals surface area (Å²) in [7, 11) is 0. The minimum Gasteiger partial charge on any atom is -0.455 e. The molecule has 2 aromatic heterocycles. The predicted octanol–water partition coefficient (Wildman–Crippen LogP) is 18.6. The van der Waals surface area contributed by atoms with Crippen molar-refractivity contribution in [3.63, 3.8) is 0 Å². The largest absolute Gasteiger partial charge is 0.455 e. The summed E-state index contributed by atoms with van der Waals surface area (Å²) >= 11 is 0. The monoisotopic (exact) mass is 895 g/mol. The molecule has 10 aromatic carbocycles. The molecule has 0 saturated carbocycles. The second-order valence-corrected chi connectivity index (χ2v) is 19.2. The number of rotatable bonds is 6. The standard InChI is InChI=1S/C66H47NO2/c1-65(2)52-36-43(32-34-46(52)59-54(65)38-50(41-22-10-6-11-23-41)63-61(59)48-27-15-18-30-57(48)68-63)67(56-29-17-14-26-45(56)40-20-8-5-9-21-40)44-33-35-47-53(37-44)66(3,4)55-39-51(42-24-12-7-13-25-42)64-62(60(47)55)49-28-16-19-31-58(49)69-64/h5-39H,1-4H3/i6D,7D,10D,11D,12D,13D,22D,23D,24D,25D. The molecule has 14 rings (SSSR count). The molecule has 2 aliphatic rings. The SMILES string of the molecule is [2H]c1c([2H])c([2H])c(-c2cc3c(c4c2oc2ccccc24)-c2ccc(N(c4ccc5c(c4)C(C)(C)c4cc(-c6c([2H])c([2H])c([2H])c([2H])c6[2H])c6oc7ccccc7c6c4-5)c4ccccc4-c4ccccc4)cc2C3(C)C)c([2H])c1[2H]. The van der Waals surface area contributed by atoms with E-state index in [-0.39, 0.29) is 35.3 Å². The van der Waals surface area contributed by atoms with Crippen molar-refractivity contribution in [2.75, 3.05) is 4.90 Å². The summed E-state index contributed by atoms with van der Waals surface area (Å²) in [5, 5.41) is 3.35. The molecule has 0 aliphatic heterocycles. The molecular formula is C66H47NO2. The second kappa shape index (κ2) is 14.6. The quantitative estimate of drug-likeness (QED) is 0.167. The Bertz CT molecular complexity index is 4380. The van der Waals surface area contributed by atoms with Crippen LogP contribution in [0.15, 0.2) is 221 Å². The Morgan fingerprint density at radius 1 is 0.391 bits per heavy atom. The smallest absolute Gasteiger partial charge is 0.143 e. The second-order valence-electron chi connectivity index (χ2n) is 19.2. The molecule has 0 spiro atoms. The third kappa shape index (κ3) is 5.68. The van der Waals surface area contributed by atoms with Crippen molar-refractivity contribution < 1.29 is 22.5 Å². The number of anilines is 3. The highest BCUT2D eigenvalue weighted by molar-refractivity contribution is 6.20. The maximum absolute atomic E-state index is 9.12.